The Morgan fingerprint density at radius 2 is 2.08 bits per heavy atom. The van der Waals surface area contributed by atoms with Crippen molar-refractivity contribution in [1.82, 2.24) is 5.32 Å². The zero-order chi connectivity index (χ0) is 8.97. The highest BCUT2D eigenvalue weighted by atomic mass is 16.3. The Labute approximate surface area is 75.4 Å². The first-order valence-corrected chi connectivity index (χ1v) is 5.09. The van der Waals surface area contributed by atoms with E-state index in [9.17, 15) is 0 Å². The molecular formula is C10H21NO. The first-order chi connectivity index (χ1) is 5.72. The van der Waals surface area contributed by atoms with Crippen LogP contribution in [0.4, 0.5) is 0 Å². The van der Waals surface area contributed by atoms with Gasteiger partial charge in [0.2, 0.25) is 0 Å². The summed E-state index contributed by atoms with van der Waals surface area (Å²) in [5, 5.41) is 12.6. The van der Waals surface area contributed by atoms with Gasteiger partial charge in [-0.15, -0.1) is 0 Å². The Bertz CT molecular complexity index is 121. The molecule has 0 aromatic carbocycles. The van der Waals surface area contributed by atoms with Crippen LogP contribution in [-0.4, -0.2) is 23.8 Å². The van der Waals surface area contributed by atoms with Crippen molar-refractivity contribution in [2.45, 2.75) is 51.6 Å². The van der Waals surface area contributed by atoms with Crippen molar-refractivity contribution in [2.75, 3.05) is 6.61 Å². The third kappa shape index (κ3) is 3.11. The first kappa shape index (κ1) is 10.0. The lowest BCUT2D eigenvalue weighted by Crippen LogP contribution is -2.44. The molecule has 1 fully saturated rings. The quantitative estimate of drug-likeness (QED) is 0.657. The molecule has 0 unspecified atom stereocenters. The van der Waals surface area contributed by atoms with E-state index in [0.29, 0.717) is 18.0 Å². The fourth-order valence-electron chi connectivity index (χ4n) is 1.67. The monoisotopic (exact) mass is 171 g/mol. The number of aliphatic hydroxyl groups is 1. The second kappa shape index (κ2) is 4.83. The van der Waals surface area contributed by atoms with Gasteiger partial charge >= 0.3 is 0 Å². The Morgan fingerprint density at radius 3 is 2.42 bits per heavy atom. The van der Waals surface area contributed by atoms with E-state index in [1.165, 1.54) is 19.3 Å². The van der Waals surface area contributed by atoms with E-state index in [1.54, 1.807) is 0 Å². The van der Waals surface area contributed by atoms with Gasteiger partial charge in [0.1, 0.15) is 0 Å². The van der Waals surface area contributed by atoms with Crippen LogP contribution in [0.5, 0.6) is 0 Å². The number of rotatable bonds is 5. The molecular weight excluding hydrogens is 150 g/mol. The summed E-state index contributed by atoms with van der Waals surface area (Å²) in [6, 6.07) is 1.02. The molecule has 0 aromatic rings. The zero-order valence-corrected chi connectivity index (χ0v) is 8.21. The molecule has 12 heavy (non-hydrogen) atoms. The van der Waals surface area contributed by atoms with Gasteiger partial charge in [-0.3, -0.25) is 0 Å². The summed E-state index contributed by atoms with van der Waals surface area (Å²) in [4.78, 5) is 0. The van der Waals surface area contributed by atoms with Gasteiger partial charge in [-0.25, -0.2) is 0 Å². The topological polar surface area (TPSA) is 32.3 Å². The Morgan fingerprint density at radius 1 is 1.42 bits per heavy atom. The van der Waals surface area contributed by atoms with E-state index < -0.39 is 0 Å². The highest BCUT2D eigenvalue weighted by Gasteiger charge is 2.20. The third-order valence-corrected chi connectivity index (χ3v) is 2.55. The second-order valence-electron chi connectivity index (χ2n) is 4.30. The van der Waals surface area contributed by atoms with Crippen LogP contribution in [0.1, 0.15) is 39.5 Å². The summed E-state index contributed by atoms with van der Waals surface area (Å²) in [5.41, 5.74) is 0. The molecule has 2 N–H and O–H groups in total. The van der Waals surface area contributed by atoms with Gasteiger partial charge in [-0.05, 0) is 25.2 Å². The number of nitrogens with one attached hydrogen (secondary N) is 1. The van der Waals surface area contributed by atoms with Crippen molar-refractivity contribution in [2.24, 2.45) is 5.92 Å². The molecule has 0 saturated heterocycles. The van der Waals surface area contributed by atoms with E-state index in [0.717, 1.165) is 6.42 Å². The lowest BCUT2D eigenvalue weighted by molar-refractivity contribution is 0.191. The number of hydrogen-bond donors (Lipinski definition) is 2. The fourth-order valence-corrected chi connectivity index (χ4v) is 1.67. The van der Waals surface area contributed by atoms with E-state index in [-0.39, 0.29) is 6.61 Å². The molecule has 0 heterocycles. The molecule has 0 aliphatic heterocycles. The Kier molecular flexibility index (Phi) is 4.02. The van der Waals surface area contributed by atoms with Crippen LogP contribution in [0.2, 0.25) is 0 Å². The average Bonchev–Trinajstić information content (AvgIpc) is 1.93. The summed E-state index contributed by atoms with van der Waals surface area (Å²) in [7, 11) is 0. The van der Waals surface area contributed by atoms with Crippen molar-refractivity contribution < 1.29 is 5.11 Å². The van der Waals surface area contributed by atoms with Crippen molar-refractivity contribution in [1.29, 1.82) is 0 Å². The molecule has 0 radical (unpaired) electrons. The predicted molar refractivity (Wildman–Crippen MR) is 51.1 cm³/mol. The molecule has 1 rings (SSSR count). The number of aliphatic hydroxyl groups excluding tert-OH is 1. The molecule has 1 atom stereocenters. The molecule has 2 heteroatoms. The SMILES string of the molecule is CC(C)C[C@@H](CO)NC1CCC1. The maximum absolute atomic E-state index is 9.08. The smallest absolute Gasteiger partial charge is 0.0584 e. The maximum atomic E-state index is 9.08. The van der Waals surface area contributed by atoms with Crippen LogP contribution >= 0.6 is 0 Å². The number of hydrogen-bond acceptors (Lipinski definition) is 2. The highest BCUT2D eigenvalue weighted by Crippen LogP contribution is 2.19. The molecule has 0 amide bonds. The van der Waals surface area contributed by atoms with Gasteiger partial charge in [0, 0.05) is 12.1 Å². The fraction of sp³-hybridized carbons (Fsp3) is 1.00. The minimum atomic E-state index is 0.286. The van der Waals surface area contributed by atoms with E-state index in [1.807, 2.05) is 0 Å². The largest absolute Gasteiger partial charge is 0.395 e. The van der Waals surface area contributed by atoms with E-state index in [2.05, 4.69) is 19.2 Å². The summed E-state index contributed by atoms with van der Waals surface area (Å²) in [5.74, 6) is 0.676. The van der Waals surface area contributed by atoms with Crippen LogP contribution in [0.3, 0.4) is 0 Å². The van der Waals surface area contributed by atoms with Crippen LogP contribution in [0, 0.1) is 5.92 Å². The Hall–Kier alpha value is -0.0800. The van der Waals surface area contributed by atoms with E-state index >= 15 is 0 Å². The van der Waals surface area contributed by atoms with Crippen molar-refractivity contribution in [3.8, 4) is 0 Å². The molecule has 72 valence electrons. The van der Waals surface area contributed by atoms with Gasteiger partial charge in [0.05, 0.1) is 6.61 Å². The molecule has 0 aromatic heterocycles. The molecule has 1 aliphatic rings. The lowest BCUT2D eigenvalue weighted by Gasteiger charge is -2.31. The van der Waals surface area contributed by atoms with E-state index in [4.69, 9.17) is 5.11 Å². The van der Waals surface area contributed by atoms with Gasteiger partial charge in [0.15, 0.2) is 0 Å². The normalized spacial score (nSPS) is 21.0. The minimum absolute atomic E-state index is 0.286. The highest BCUT2D eigenvalue weighted by molar-refractivity contribution is 4.80. The first-order valence-electron chi connectivity index (χ1n) is 5.09. The molecule has 1 saturated carbocycles. The van der Waals surface area contributed by atoms with Crippen molar-refractivity contribution in [3.63, 3.8) is 0 Å². The van der Waals surface area contributed by atoms with Gasteiger partial charge in [0.25, 0.3) is 0 Å². The Balaban J connectivity index is 2.15. The summed E-state index contributed by atoms with van der Waals surface area (Å²) < 4.78 is 0. The maximum Gasteiger partial charge on any atom is 0.0584 e. The summed E-state index contributed by atoms with van der Waals surface area (Å²) >= 11 is 0. The minimum Gasteiger partial charge on any atom is -0.395 e. The molecule has 1 aliphatic carbocycles. The van der Waals surface area contributed by atoms with Crippen LogP contribution in [0.25, 0.3) is 0 Å². The van der Waals surface area contributed by atoms with Crippen molar-refractivity contribution in [3.05, 3.63) is 0 Å². The van der Waals surface area contributed by atoms with Gasteiger partial charge in [-0.2, -0.15) is 0 Å². The van der Waals surface area contributed by atoms with Gasteiger partial charge in [-0.1, -0.05) is 20.3 Å². The average molecular weight is 171 g/mol. The zero-order valence-electron chi connectivity index (χ0n) is 8.21. The summed E-state index contributed by atoms with van der Waals surface area (Å²) in [6.07, 6.45) is 5.05. The molecule has 0 spiro atoms. The predicted octanol–water partition coefficient (Wildman–Crippen LogP) is 1.54. The second-order valence-corrected chi connectivity index (χ2v) is 4.30. The molecule has 2 nitrogen and oxygen atoms in total. The van der Waals surface area contributed by atoms with Crippen LogP contribution in [0.15, 0.2) is 0 Å². The van der Waals surface area contributed by atoms with Crippen LogP contribution in [-0.2, 0) is 0 Å². The lowest BCUT2D eigenvalue weighted by atomic mass is 9.91. The van der Waals surface area contributed by atoms with Crippen LogP contribution < -0.4 is 5.32 Å². The standard InChI is InChI=1S/C10H21NO/c1-8(2)6-10(7-12)11-9-4-3-5-9/h8-12H,3-7H2,1-2H3/t10-/m0/s1. The summed E-state index contributed by atoms with van der Waals surface area (Å²) in [6.45, 7) is 4.69. The molecule has 0 bridgehead atoms. The van der Waals surface area contributed by atoms with Crippen molar-refractivity contribution >= 4 is 0 Å². The third-order valence-electron chi connectivity index (χ3n) is 2.55. The van der Waals surface area contributed by atoms with Gasteiger partial charge < -0.3 is 10.4 Å².